The van der Waals surface area contributed by atoms with E-state index in [2.05, 4.69) is 25.0 Å². The van der Waals surface area contributed by atoms with Crippen molar-refractivity contribution < 1.29 is 19.1 Å². The fourth-order valence-corrected chi connectivity index (χ4v) is 3.22. The molecule has 1 atom stereocenters. The fourth-order valence-electron chi connectivity index (χ4n) is 2.51. The number of nitrogens with one attached hydrogen (secondary N) is 1. The lowest BCUT2D eigenvalue weighted by molar-refractivity contribution is -0.145. The molecule has 0 saturated heterocycles. The molecule has 2 aromatic carbocycles. The summed E-state index contributed by atoms with van der Waals surface area (Å²) in [5, 5.41) is 2.66. The zero-order valence-electron chi connectivity index (χ0n) is 16.8. The first-order valence-corrected chi connectivity index (χ1v) is 13.2. The third-order valence-corrected chi connectivity index (χ3v) is 5.87. The van der Waals surface area contributed by atoms with Crippen LogP contribution in [0.15, 0.2) is 60.7 Å². The number of alkyl carbamates (subject to hydrolysis) is 1. The van der Waals surface area contributed by atoms with Crippen LogP contribution in [-0.2, 0) is 27.3 Å². The van der Waals surface area contributed by atoms with Crippen LogP contribution in [0.2, 0.25) is 25.7 Å². The molecule has 5 nitrogen and oxygen atoms in total. The van der Waals surface area contributed by atoms with Gasteiger partial charge in [0, 0.05) is 14.5 Å². The minimum Gasteiger partial charge on any atom is -0.464 e. The second-order valence-corrected chi connectivity index (χ2v) is 13.5. The molecule has 1 amide bonds. The summed E-state index contributed by atoms with van der Waals surface area (Å²) in [5.74, 6) is -0.432. The second kappa shape index (κ2) is 10.7. The molecule has 6 heteroatoms. The maximum atomic E-state index is 12.6. The zero-order chi connectivity index (χ0) is 20.4. The molecule has 0 unspecified atom stereocenters. The van der Waals surface area contributed by atoms with E-state index in [0.717, 1.165) is 17.2 Å². The van der Waals surface area contributed by atoms with E-state index < -0.39 is 26.2 Å². The molecule has 0 aliphatic carbocycles. The maximum Gasteiger partial charge on any atom is 0.408 e. The minimum atomic E-state index is -1.30. The normalized spacial score (nSPS) is 12.1. The van der Waals surface area contributed by atoms with Crippen LogP contribution in [-0.4, -0.2) is 32.8 Å². The highest BCUT2D eigenvalue weighted by molar-refractivity contribution is 6.76. The van der Waals surface area contributed by atoms with Crippen molar-refractivity contribution in [2.45, 2.75) is 44.8 Å². The summed E-state index contributed by atoms with van der Waals surface area (Å²) < 4.78 is 10.7. The maximum absolute atomic E-state index is 12.6. The number of esters is 1. The van der Waals surface area contributed by atoms with Crippen molar-refractivity contribution in [3.8, 4) is 0 Å². The van der Waals surface area contributed by atoms with E-state index >= 15 is 0 Å². The highest BCUT2D eigenvalue weighted by Gasteiger charge is 2.24. The summed E-state index contributed by atoms with van der Waals surface area (Å²) in [5.41, 5.74) is 1.83. The van der Waals surface area contributed by atoms with Gasteiger partial charge in [-0.2, -0.15) is 0 Å². The van der Waals surface area contributed by atoms with Gasteiger partial charge in [-0.05, 0) is 17.2 Å². The van der Waals surface area contributed by atoms with E-state index in [4.69, 9.17) is 9.47 Å². The Morgan fingerprint density at radius 3 is 2.04 bits per heavy atom. The molecule has 0 spiro atoms. The molecular weight excluding hydrogens is 370 g/mol. The monoisotopic (exact) mass is 399 g/mol. The Kier molecular flexibility index (Phi) is 8.26. The van der Waals surface area contributed by atoms with E-state index in [1.54, 1.807) is 0 Å². The van der Waals surface area contributed by atoms with Crippen LogP contribution in [0.25, 0.3) is 0 Å². The van der Waals surface area contributed by atoms with Gasteiger partial charge < -0.3 is 14.8 Å². The molecule has 28 heavy (non-hydrogen) atoms. The molecule has 0 heterocycles. The number of rotatable bonds is 9. The van der Waals surface area contributed by atoms with Gasteiger partial charge in [-0.15, -0.1) is 0 Å². The molecule has 0 saturated carbocycles. The molecule has 0 fully saturated rings. The lowest BCUT2D eigenvalue weighted by Crippen LogP contribution is -2.44. The van der Waals surface area contributed by atoms with E-state index in [1.807, 2.05) is 60.7 Å². The van der Waals surface area contributed by atoms with Gasteiger partial charge in [-0.1, -0.05) is 80.3 Å². The summed E-state index contributed by atoms with van der Waals surface area (Å²) >= 11 is 0. The quantitative estimate of drug-likeness (QED) is 0.501. The van der Waals surface area contributed by atoms with E-state index in [0.29, 0.717) is 13.0 Å². The average Bonchev–Trinajstić information content (AvgIpc) is 2.66. The van der Waals surface area contributed by atoms with Crippen molar-refractivity contribution in [2.75, 3.05) is 6.61 Å². The van der Waals surface area contributed by atoms with Crippen molar-refractivity contribution in [3.63, 3.8) is 0 Å². The molecule has 0 radical (unpaired) electrons. The van der Waals surface area contributed by atoms with E-state index in [9.17, 15) is 9.59 Å². The van der Waals surface area contributed by atoms with Crippen molar-refractivity contribution in [3.05, 3.63) is 71.8 Å². The molecule has 0 aliphatic rings. The molecule has 0 bridgehead atoms. The predicted molar refractivity (Wildman–Crippen MR) is 113 cm³/mol. The number of hydrogen-bond acceptors (Lipinski definition) is 4. The lowest BCUT2D eigenvalue weighted by Gasteiger charge is -2.20. The van der Waals surface area contributed by atoms with Gasteiger partial charge in [0.1, 0.15) is 12.6 Å². The van der Waals surface area contributed by atoms with Crippen LogP contribution in [0.4, 0.5) is 4.79 Å². The summed E-state index contributed by atoms with van der Waals surface area (Å²) in [4.78, 5) is 24.8. The Morgan fingerprint density at radius 2 is 1.46 bits per heavy atom. The average molecular weight is 400 g/mol. The summed E-state index contributed by atoms with van der Waals surface area (Å²) in [6.07, 6.45) is -0.278. The van der Waals surface area contributed by atoms with Crippen LogP contribution >= 0.6 is 0 Å². The highest BCUT2D eigenvalue weighted by atomic mass is 28.3. The topological polar surface area (TPSA) is 64.6 Å². The Balaban J connectivity index is 1.94. The summed E-state index contributed by atoms with van der Waals surface area (Å²) in [6, 6.07) is 19.0. The van der Waals surface area contributed by atoms with E-state index in [-0.39, 0.29) is 6.61 Å². The van der Waals surface area contributed by atoms with Crippen LogP contribution < -0.4 is 5.32 Å². The first-order chi connectivity index (χ1) is 13.3. The van der Waals surface area contributed by atoms with E-state index in [1.165, 1.54) is 0 Å². The first kappa shape index (κ1) is 21.7. The highest BCUT2D eigenvalue weighted by Crippen LogP contribution is 2.10. The van der Waals surface area contributed by atoms with Crippen molar-refractivity contribution >= 4 is 20.1 Å². The molecule has 0 aromatic heterocycles. The standard InChI is InChI=1S/C22H29NO4Si/c1-28(2,3)15-14-26-21(24)20(16-18-10-6-4-7-11-18)23-22(25)27-17-19-12-8-5-9-13-19/h4-13,20H,14-17H2,1-3H3,(H,23,25)/t20-/m0/s1. The third kappa shape index (κ3) is 8.39. The molecule has 0 aliphatic heterocycles. The largest absolute Gasteiger partial charge is 0.464 e. The van der Waals surface area contributed by atoms with Crippen LogP contribution in [0.1, 0.15) is 11.1 Å². The van der Waals surface area contributed by atoms with Crippen LogP contribution in [0.3, 0.4) is 0 Å². The van der Waals surface area contributed by atoms with Gasteiger partial charge in [-0.25, -0.2) is 9.59 Å². The van der Waals surface area contributed by atoms with Crippen LogP contribution in [0.5, 0.6) is 0 Å². The number of ether oxygens (including phenoxy) is 2. The number of amides is 1. The Hall–Kier alpha value is -2.60. The number of carbonyl (C=O) groups is 2. The Bertz CT molecular complexity index is 744. The minimum absolute atomic E-state index is 0.148. The number of hydrogen-bond donors (Lipinski definition) is 1. The van der Waals surface area contributed by atoms with Gasteiger partial charge in [0.05, 0.1) is 6.61 Å². The fraction of sp³-hybridized carbons (Fsp3) is 0.364. The third-order valence-electron chi connectivity index (χ3n) is 4.17. The molecule has 150 valence electrons. The van der Waals surface area contributed by atoms with Crippen LogP contribution in [0, 0.1) is 0 Å². The lowest BCUT2D eigenvalue weighted by atomic mass is 10.1. The van der Waals surface area contributed by atoms with Gasteiger partial charge >= 0.3 is 12.1 Å². The van der Waals surface area contributed by atoms with Crippen molar-refractivity contribution in [2.24, 2.45) is 0 Å². The molecule has 1 N–H and O–H groups in total. The molecule has 2 rings (SSSR count). The summed E-state index contributed by atoms with van der Waals surface area (Å²) in [7, 11) is -1.30. The zero-order valence-corrected chi connectivity index (χ0v) is 17.8. The molecule has 2 aromatic rings. The van der Waals surface area contributed by atoms with Gasteiger partial charge in [0.25, 0.3) is 0 Å². The van der Waals surface area contributed by atoms with Gasteiger partial charge in [0.15, 0.2) is 0 Å². The Morgan fingerprint density at radius 1 is 0.893 bits per heavy atom. The molecular formula is C22H29NO4Si. The van der Waals surface area contributed by atoms with Crippen molar-refractivity contribution in [1.29, 1.82) is 0 Å². The second-order valence-electron chi connectivity index (χ2n) is 7.93. The smallest absolute Gasteiger partial charge is 0.408 e. The van der Waals surface area contributed by atoms with Gasteiger partial charge in [0.2, 0.25) is 0 Å². The van der Waals surface area contributed by atoms with Gasteiger partial charge in [-0.3, -0.25) is 0 Å². The van der Waals surface area contributed by atoms with Crippen molar-refractivity contribution in [1.82, 2.24) is 5.32 Å². The predicted octanol–water partition coefficient (Wildman–Crippen LogP) is 4.41. The first-order valence-electron chi connectivity index (χ1n) is 9.51. The Labute approximate surface area is 168 Å². The SMILES string of the molecule is C[Si](C)(C)CCOC(=O)[C@H](Cc1ccccc1)NC(=O)OCc1ccccc1. The number of carbonyl (C=O) groups excluding carboxylic acids is 2. The summed E-state index contributed by atoms with van der Waals surface area (Å²) in [6.45, 7) is 7.19. The number of benzene rings is 2.